The van der Waals surface area contributed by atoms with Gasteiger partial charge >= 0.3 is 0 Å². The van der Waals surface area contributed by atoms with E-state index in [0.717, 1.165) is 19.4 Å². The van der Waals surface area contributed by atoms with Crippen molar-refractivity contribution in [1.29, 1.82) is 0 Å². The average Bonchev–Trinajstić information content (AvgIpc) is 2.24. The van der Waals surface area contributed by atoms with Gasteiger partial charge in [0.1, 0.15) is 0 Å². The van der Waals surface area contributed by atoms with Crippen molar-refractivity contribution < 1.29 is 0 Å². The summed E-state index contributed by atoms with van der Waals surface area (Å²) in [6.07, 6.45) is 10.9. The molecule has 0 aromatic carbocycles. The lowest BCUT2D eigenvalue weighted by Crippen LogP contribution is -2.27. The third-order valence-corrected chi connectivity index (χ3v) is 2.38. The first-order valence-corrected chi connectivity index (χ1v) is 5.33. The lowest BCUT2D eigenvalue weighted by atomic mass is 10.1. The highest BCUT2D eigenvalue weighted by Crippen LogP contribution is 2.03. The number of nitrogens with one attached hydrogen (secondary N) is 1. The van der Waals surface area contributed by atoms with Crippen LogP contribution < -0.4 is 5.32 Å². The third kappa shape index (κ3) is 4.14. The highest BCUT2D eigenvalue weighted by Gasteiger charge is 2.03. The highest BCUT2D eigenvalue weighted by atomic mass is 14.9. The lowest BCUT2D eigenvalue weighted by molar-refractivity contribution is 0.506. The van der Waals surface area contributed by atoms with Gasteiger partial charge in [-0.2, -0.15) is 0 Å². The molecule has 1 heterocycles. The number of rotatable bonds is 5. The monoisotopic (exact) mass is 202 g/mol. The van der Waals surface area contributed by atoms with E-state index >= 15 is 0 Å². The fourth-order valence-electron chi connectivity index (χ4n) is 1.48. The molecule has 0 saturated heterocycles. The number of pyridine rings is 1. The van der Waals surface area contributed by atoms with E-state index in [4.69, 9.17) is 6.42 Å². The van der Waals surface area contributed by atoms with Crippen molar-refractivity contribution in [3.63, 3.8) is 0 Å². The van der Waals surface area contributed by atoms with E-state index in [1.165, 1.54) is 11.1 Å². The largest absolute Gasteiger partial charge is 0.309 e. The summed E-state index contributed by atoms with van der Waals surface area (Å²) in [4.78, 5) is 4.15. The Hall–Kier alpha value is -1.33. The number of hydrogen-bond donors (Lipinski definition) is 1. The van der Waals surface area contributed by atoms with Gasteiger partial charge in [0.2, 0.25) is 0 Å². The Kier molecular flexibility index (Phi) is 4.86. The molecule has 1 unspecified atom stereocenters. The molecule has 1 aromatic rings. The smallest absolute Gasteiger partial charge is 0.0313 e. The molecule has 0 amide bonds. The number of nitrogens with zero attached hydrogens (tertiary/aromatic N) is 1. The molecule has 1 N–H and O–H groups in total. The average molecular weight is 202 g/mol. The van der Waals surface area contributed by atoms with Gasteiger partial charge in [0.25, 0.3) is 0 Å². The topological polar surface area (TPSA) is 24.9 Å². The minimum absolute atomic E-state index is 0.413. The predicted octanol–water partition coefficient (Wildman–Crippen LogP) is 2.28. The van der Waals surface area contributed by atoms with Crippen LogP contribution in [0.15, 0.2) is 18.5 Å². The van der Waals surface area contributed by atoms with Crippen LogP contribution >= 0.6 is 0 Å². The van der Waals surface area contributed by atoms with Crippen LogP contribution in [-0.4, -0.2) is 11.0 Å². The van der Waals surface area contributed by atoms with Crippen LogP contribution in [0.3, 0.4) is 0 Å². The zero-order valence-electron chi connectivity index (χ0n) is 9.46. The van der Waals surface area contributed by atoms with Gasteiger partial charge in [-0.3, -0.25) is 4.98 Å². The summed E-state index contributed by atoms with van der Waals surface area (Å²) in [6.45, 7) is 5.04. The molecule has 0 saturated carbocycles. The van der Waals surface area contributed by atoms with Crippen LogP contribution in [-0.2, 0) is 6.54 Å². The van der Waals surface area contributed by atoms with Gasteiger partial charge in [0, 0.05) is 31.4 Å². The van der Waals surface area contributed by atoms with Crippen LogP contribution in [0.25, 0.3) is 0 Å². The van der Waals surface area contributed by atoms with Crippen molar-refractivity contribution in [3.05, 3.63) is 29.6 Å². The second-order valence-corrected chi connectivity index (χ2v) is 3.76. The molecule has 0 spiro atoms. The maximum atomic E-state index is 5.30. The number of hydrogen-bond acceptors (Lipinski definition) is 2. The minimum atomic E-state index is 0.413. The van der Waals surface area contributed by atoms with Crippen molar-refractivity contribution >= 4 is 0 Å². The van der Waals surface area contributed by atoms with Crippen LogP contribution in [0.4, 0.5) is 0 Å². The first kappa shape index (κ1) is 11.7. The molecule has 1 aromatic heterocycles. The quantitative estimate of drug-likeness (QED) is 0.741. The van der Waals surface area contributed by atoms with Crippen LogP contribution in [0, 0.1) is 19.3 Å². The Bertz CT molecular complexity index is 339. The van der Waals surface area contributed by atoms with E-state index < -0.39 is 0 Å². The van der Waals surface area contributed by atoms with Crippen molar-refractivity contribution in [2.75, 3.05) is 0 Å². The molecular formula is C13H18N2. The zero-order valence-corrected chi connectivity index (χ0v) is 9.46. The molecule has 1 rings (SSSR count). The first-order valence-electron chi connectivity index (χ1n) is 5.33. The normalized spacial score (nSPS) is 12.1. The molecular weight excluding hydrogens is 184 g/mol. The lowest BCUT2D eigenvalue weighted by Gasteiger charge is -2.13. The van der Waals surface area contributed by atoms with Gasteiger partial charge in [-0.25, -0.2) is 0 Å². The molecule has 0 radical (unpaired) electrons. The molecule has 0 bridgehead atoms. The summed E-state index contributed by atoms with van der Waals surface area (Å²) in [7, 11) is 0. The summed E-state index contributed by atoms with van der Waals surface area (Å²) in [5.41, 5.74) is 2.41. The summed E-state index contributed by atoms with van der Waals surface area (Å²) >= 11 is 0. The Morgan fingerprint density at radius 1 is 1.53 bits per heavy atom. The van der Waals surface area contributed by atoms with Gasteiger partial charge in [0.05, 0.1) is 0 Å². The van der Waals surface area contributed by atoms with E-state index in [1.807, 2.05) is 12.4 Å². The maximum Gasteiger partial charge on any atom is 0.0313 e. The van der Waals surface area contributed by atoms with Crippen molar-refractivity contribution in [1.82, 2.24) is 10.3 Å². The van der Waals surface area contributed by atoms with Crippen molar-refractivity contribution in [2.24, 2.45) is 0 Å². The molecule has 1 atom stereocenters. The van der Waals surface area contributed by atoms with Gasteiger partial charge in [-0.1, -0.05) is 13.0 Å². The van der Waals surface area contributed by atoms with Crippen LogP contribution in [0.5, 0.6) is 0 Å². The van der Waals surface area contributed by atoms with Gasteiger partial charge in [-0.05, 0) is 24.5 Å². The molecule has 2 heteroatoms. The summed E-state index contributed by atoms with van der Waals surface area (Å²) < 4.78 is 0. The number of terminal acetylenes is 1. The molecule has 2 nitrogen and oxygen atoms in total. The van der Waals surface area contributed by atoms with E-state index in [1.54, 1.807) is 0 Å². The molecule has 15 heavy (non-hydrogen) atoms. The van der Waals surface area contributed by atoms with E-state index in [2.05, 4.69) is 36.1 Å². The highest BCUT2D eigenvalue weighted by molar-refractivity contribution is 5.16. The van der Waals surface area contributed by atoms with Gasteiger partial charge < -0.3 is 5.32 Å². The summed E-state index contributed by atoms with van der Waals surface area (Å²) in [5, 5.41) is 3.43. The van der Waals surface area contributed by atoms with E-state index in [9.17, 15) is 0 Å². The second kappa shape index (κ2) is 6.21. The van der Waals surface area contributed by atoms with Gasteiger partial charge in [-0.15, -0.1) is 12.3 Å². The van der Waals surface area contributed by atoms with E-state index in [-0.39, 0.29) is 0 Å². The molecule has 80 valence electrons. The van der Waals surface area contributed by atoms with Crippen LogP contribution in [0.2, 0.25) is 0 Å². The van der Waals surface area contributed by atoms with Crippen molar-refractivity contribution in [3.8, 4) is 12.3 Å². The molecule has 0 aliphatic carbocycles. The standard InChI is InChI=1S/C13H18N2/c1-4-6-13(5-2)15-10-12-7-11(3)8-14-9-12/h1,7-9,13,15H,5-6,10H2,2-3H3. The minimum Gasteiger partial charge on any atom is -0.309 e. The fourth-order valence-corrected chi connectivity index (χ4v) is 1.48. The first-order chi connectivity index (χ1) is 7.26. The Morgan fingerprint density at radius 3 is 2.93 bits per heavy atom. The van der Waals surface area contributed by atoms with Gasteiger partial charge in [0.15, 0.2) is 0 Å². The molecule has 0 aliphatic rings. The fraction of sp³-hybridized carbons (Fsp3) is 0.462. The SMILES string of the molecule is C#CCC(CC)NCc1cncc(C)c1. The summed E-state index contributed by atoms with van der Waals surface area (Å²) in [5.74, 6) is 2.69. The predicted molar refractivity (Wildman–Crippen MR) is 63.3 cm³/mol. The Labute approximate surface area is 92.1 Å². The molecule has 0 aliphatic heterocycles. The Morgan fingerprint density at radius 2 is 2.33 bits per heavy atom. The number of aromatic nitrogens is 1. The Balaban J connectivity index is 2.46. The summed E-state index contributed by atoms with van der Waals surface area (Å²) in [6, 6.07) is 2.55. The maximum absolute atomic E-state index is 5.30. The number of aryl methyl sites for hydroxylation is 1. The zero-order chi connectivity index (χ0) is 11.1. The molecule has 0 fully saturated rings. The second-order valence-electron chi connectivity index (χ2n) is 3.76. The van der Waals surface area contributed by atoms with E-state index in [0.29, 0.717) is 6.04 Å². The van der Waals surface area contributed by atoms with Crippen LogP contribution in [0.1, 0.15) is 30.9 Å². The third-order valence-electron chi connectivity index (χ3n) is 2.38. The van der Waals surface area contributed by atoms with Crippen molar-refractivity contribution in [2.45, 2.75) is 39.3 Å².